The Morgan fingerprint density at radius 1 is 1.16 bits per heavy atom. The molecule has 0 aliphatic carbocycles. The number of carbonyl (C=O) groups excluding carboxylic acids is 1. The van der Waals surface area contributed by atoms with Gasteiger partial charge in [0.05, 0.1) is 17.4 Å². The van der Waals surface area contributed by atoms with E-state index in [4.69, 9.17) is 4.84 Å². The lowest BCUT2D eigenvalue weighted by molar-refractivity contribution is -0.124. The molecule has 0 saturated carbocycles. The Balaban J connectivity index is 0.00000289. The van der Waals surface area contributed by atoms with Gasteiger partial charge < -0.3 is 15.3 Å². The SMILES string of the molecule is CCON=Cc1ccc2[nH]nc(-c3cccc(NC(=O)[C@H](O)c4ccccc4)c3)c2c1.Cl. The third-order valence-electron chi connectivity index (χ3n) is 4.76. The summed E-state index contributed by atoms with van der Waals surface area (Å²) in [6, 6.07) is 22.0. The number of nitrogens with zero attached hydrogens (tertiary/aromatic N) is 2. The number of aromatic amines is 1. The number of hydrogen-bond donors (Lipinski definition) is 3. The molecule has 0 aliphatic rings. The van der Waals surface area contributed by atoms with Crippen molar-refractivity contribution in [2.75, 3.05) is 11.9 Å². The number of fused-ring (bicyclic) bond motifs is 1. The number of aliphatic hydroxyl groups excluding tert-OH is 1. The predicted octanol–water partition coefficient (Wildman–Crippen LogP) is 4.69. The first-order chi connectivity index (χ1) is 15.2. The number of aliphatic hydroxyl groups is 1. The molecule has 1 aromatic heterocycles. The molecular formula is C24H23ClN4O3. The number of halogens is 1. The molecular weight excluding hydrogens is 428 g/mol. The zero-order valence-corrected chi connectivity index (χ0v) is 18.2. The predicted molar refractivity (Wildman–Crippen MR) is 128 cm³/mol. The lowest BCUT2D eigenvalue weighted by Gasteiger charge is -2.12. The first kappa shape index (κ1) is 23.0. The fraction of sp³-hybridized carbons (Fsp3) is 0.125. The third-order valence-corrected chi connectivity index (χ3v) is 4.76. The van der Waals surface area contributed by atoms with Crippen LogP contribution in [0.15, 0.2) is 78.0 Å². The highest BCUT2D eigenvalue weighted by Crippen LogP contribution is 2.29. The molecule has 0 saturated heterocycles. The standard InChI is InChI=1S/C24H22N4O3.ClH/c1-2-31-25-15-16-11-12-21-20(13-16)22(28-27-21)18-9-6-10-19(14-18)26-24(30)23(29)17-7-4-3-5-8-17;/h3-15,23,29H,2H2,1H3,(H,26,30)(H,27,28);1H/t23-;/m1./s1. The van der Waals surface area contributed by atoms with Crippen molar-refractivity contribution in [3.63, 3.8) is 0 Å². The van der Waals surface area contributed by atoms with E-state index in [0.29, 0.717) is 17.9 Å². The number of aromatic nitrogens is 2. The molecule has 0 aliphatic heterocycles. The van der Waals surface area contributed by atoms with E-state index in [2.05, 4.69) is 20.7 Å². The lowest BCUT2D eigenvalue weighted by atomic mass is 10.0. The highest BCUT2D eigenvalue weighted by atomic mass is 35.5. The number of amides is 1. The summed E-state index contributed by atoms with van der Waals surface area (Å²) in [7, 11) is 0. The summed E-state index contributed by atoms with van der Waals surface area (Å²) in [5.74, 6) is -0.496. The summed E-state index contributed by atoms with van der Waals surface area (Å²) >= 11 is 0. The number of hydrogen-bond acceptors (Lipinski definition) is 5. The summed E-state index contributed by atoms with van der Waals surface area (Å²) in [4.78, 5) is 17.5. The minimum absolute atomic E-state index is 0. The van der Waals surface area contributed by atoms with E-state index in [9.17, 15) is 9.90 Å². The highest BCUT2D eigenvalue weighted by Gasteiger charge is 2.17. The Labute approximate surface area is 191 Å². The molecule has 0 fully saturated rings. The normalized spacial score (nSPS) is 11.8. The Kier molecular flexibility index (Phi) is 7.59. The van der Waals surface area contributed by atoms with Gasteiger partial charge in [0.2, 0.25) is 0 Å². The molecule has 1 amide bonds. The zero-order chi connectivity index (χ0) is 21.6. The monoisotopic (exact) mass is 450 g/mol. The average Bonchev–Trinajstić information content (AvgIpc) is 3.23. The van der Waals surface area contributed by atoms with E-state index >= 15 is 0 Å². The van der Waals surface area contributed by atoms with Crippen molar-refractivity contribution < 1.29 is 14.7 Å². The van der Waals surface area contributed by atoms with Crippen molar-refractivity contribution in [3.05, 3.63) is 83.9 Å². The average molecular weight is 451 g/mol. The number of benzene rings is 3. The van der Waals surface area contributed by atoms with Crippen LogP contribution in [0, 0.1) is 0 Å². The van der Waals surface area contributed by atoms with Gasteiger partial charge in [0, 0.05) is 16.6 Å². The van der Waals surface area contributed by atoms with Crippen molar-refractivity contribution in [2.45, 2.75) is 13.0 Å². The fourth-order valence-corrected chi connectivity index (χ4v) is 3.25. The van der Waals surface area contributed by atoms with Crippen molar-refractivity contribution in [1.29, 1.82) is 0 Å². The summed E-state index contributed by atoms with van der Waals surface area (Å²) < 4.78 is 0. The molecule has 0 spiro atoms. The maximum atomic E-state index is 12.5. The van der Waals surface area contributed by atoms with Crippen LogP contribution < -0.4 is 5.32 Å². The topological polar surface area (TPSA) is 99.6 Å². The highest BCUT2D eigenvalue weighted by molar-refractivity contribution is 5.98. The lowest BCUT2D eigenvalue weighted by Crippen LogP contribution is -2.20. The van der Waals surface area contributed by atoms with Gasteiger partial charge in [-0.15, -0.1) is 12.4 Å². The number of carbonyl (C=O) groups is 1. The molecule has 8 heteroatoms. The quantitative estimate of drug-likeness (QED) is 0.281. The van der Waals surface area contributed by atoms with Crippen LogP contribution in [0.25, 0.3) is 22.2 Å². The minimum atomic E-state index is -1.25. The van der Waals surface area contributed by atoms with E-state index in [0.717, 1.165) is 27.7 Å². The Morgan fingerprint density at radius 3 is 2.75 bits per heavy atom. The zero-order valence-electron chi connectivity index (χ0n) is 17.4. The molecule has 3 aromatic carbocycles. The summed E-state index contributed by atoms with van der Waals surface area (Å²) in [5, 5.41) is 25.4. The van der Waals surface area contributed by atoms with E-state index in [-0.39, 0.29) is 12.4 Å². The molecule has 1 heterocycles. The van der Waals surface area contributed by atoms with Crippen molar-refractivity contribution in [2.24, 2.45) is 5.16 Å². The van der Waals surface area contributed by atoms with E-state index in [1.54, 1.807) is 36.5 Å². The van der Waals surface area contributed by atoms with Gasteiger partial charge in [-0.25, -0.2) is 0 Å². The molecule has 0 unspecified atom stereocenters. The molecule has 4 rings (SSSR count). The van der Waals surface area contributed by atoms with Gasteiger partial charge in [0.15, 0.2) is 6.10 Å². The van der Waals surface area contributed by atoms with Gasteiger partial charge in [-0.05, 0) is 42.3 Å². The fourth-order valence-electron chi connectivity index (χ4n) is 3.25. The second-order valence-electron chi connectivity index (χ2n) is 6.91. The smallest absolute Gasteiger partial charge is 0.257 e. The molecule has 0 radical (unpaired) electrons. The number of nitrogens with one attached hydrogen (secondary N) is 2. The van der Waals surface area contributed by atoms with Crippen LogP contribution in [-0.4, -0.2) is 34.0 Å². The summed E-state index contributed by atoms with van der Waals surface area (Å²) in [5.41, 5.74) is 4.47. The number of H-pyrrole nitrogens is 1. The van der Waals surface area contributed by atoms with Crippen LogP contribution in [-0.2, 0) is 9.63 Å². The maximum absolute atomic E-state index is 12.5. The molecule has 0 bridgehead atoms. The summed E-state index contributed by atoms with van der Waals surface area (Å²) in [6.07, 6.45) is 0.407. The largest absolute Gasteiger partial charge is 0.396 e. The third kappa shape index (κ3) is 5.14. The summed E-state index contributed by atoms with van der Waals surface area (Å²) in [6.45, 7) is 2.38. The van der Waals surface area contributed by atoms with E-state index in [1.165, 1.54) is 0 Å². The number of oxime groups is 1. The Bertz CT molecular complexity index is 1220. The van der Waals surface area contributed by atoms with Crippen LogP contribution >= 0.6 is 12.4 Å². The van der Waals surface area contributed by atoms with Crippen molar-refractivity contribution in [1.82, 2.24) is 10.2 Å². The van der Waals surface area contributed by atoms with Gasteiger partial charge >= 0.3 is 0 Å². The Hall–Kier alpha value is -3.68. The van der Waals surface area contributed by atoms with E-state index in [1.807, 2.05) is 49.4 Å². The second kappa shape index (κ2) is 10.6. The van der Waals surface area contributed by atoms with Gasteiger partial charge in [0.25, 0.3) is 5.91 Å². The maximum Gasteiger partial charge on any atom is 0.257 e. The molecule has 3 N–H and O–H groups in total. The molecule has 1 atom stereocenters. The second-order valence-corrected chi connectivity index (χ2v) is 6.91. The first-order valence-corrected chi connectivity index (χ1v) is 9.93. The molecule has 164 valence electrons. The van der Waals surface area contributed by atoms with Crippen molar-refractivity contribution in [3.8, 4) is 11.3 Å². The van der Waals surface area contributed by atoms with Gasteiger partial charge in [0.1, 0.15) is 6.61 Å². The van der Waals surface area contributed by atoms with Crippen LogP contribution in [0.5, 0.6) is 0 Å². The first-order valence-electron chi connectivity index (χ1n) is 9.93. The van der Waals surface area contributed by atoms with Gasteiger partial charge in [-0.1, -0.05) is 53.7 Å². The molecule has 7 nitrogen and oxygen atoms in total. The van der Waals surface area contributed by atoms with Gasteiger partial charge in [-0.2, -0.15) is 5.10 Å². The molecule has 32 heavy (non-hydrogen) atoms. The van der Waals surface area contributed by atoms with Crippen LogP contribution in [0.1, 0.15) is 24.2 Å². The number of rotatable bonds is 7. The van der Waals surface area contributed by atoms with Crippen LogP contribution in [0.2, 0.25) is 0 Å². The van der Waals surface area contributed by atoms with Crippen molar-refractivity contribution >= 4 is 41.1 Å². The number of anilines is 1. The minimum Gasteiger partial charge on any atom is -0.396 e. The molecule has 4 aromatic rings. The van der Waals surface area contributed by atoms with Crippen LogP contribution in [0.4, 0.5) is 5.69 Å². The van der Waals surface area contributed by atoms with Crippen LogP contribution in [0.3, 0.4) is 0 Å². The van der Waals surface area contributed by atoms with E-state index < -0.39 is 12.0 Å². The van der Waals surface area contributed by atoms with Gasteiger partial charge in [-0.3, -0.25) is 9.89 Å². The Morgan fingerprint density at radius 2 is 1.97 bits per heavy atom.